The number of carbonyl (C=O) groups excluding carboxylic acids is 1. The highest BCUT2D eigenvalue weighted by Gasteiger charge is 2.13. The molecule has 1 aromatic carbocycles. The minimum Gasteiger partial charge on any atom is -0.324 e. The van der Waals surface area contributed by atoms with Crippen LogP contribution in [0.3, 0.4) is 0 Å². The van der Waals surface area contributed by atoms with Gasteiger partial charge in [-0.1, -0.05) is 6.92 Å². The third-order valence-electron chi connectivity index (χ3n) is 2.46. The van der Waals surface area contributed by atoms with Crippen molar-refractivity contribution < 1.29 is 9.72 Å². The summed E-state index contributed by atoms with van der Waals surface area (Å²) in [6, 6.07) is 3.70. The highest BCUT2D eigenvalue weighted by molar-refractivity contribution is 5.95. The maximum Gasteiger partial charge on any atom is 0.269 e. The van der Waals surface area contributed by atoms with E-state index in [0.717, 1.165) is 0 Å². The Labute approximate surface area is 99.0 Å². The fraction of sp³-hybridized carbons (Fsp3) is 0.364. The lowest BCUT2D eigenvalue weighted by atomic mass is 10.1. The zero-order valence-electron chi connectivity index (χ0n) is 9.77. The van der Waals surface area contributed by atoms with Gasteiger partial charge in [0.25, 0.3) is 5.69 Å². The molecule has 0 heterocycles. The minimum atomic E-state index is -0.565. The summed E-state index contributed by atoms with van der Waals surface area (Å²) in [4.78, 5) is 21.6. The summed E-state index contributed by atoms with van der Waals surface area (Å²) in [5, 5.41) is 13.2. The fourth-order valence-corrected chi connectivity index (χ4v) is 1.31. The Kier molecular flexibility index (Phi) is 4.17. The number of carbonyl (C=O) groups is 1. The zero-order valence-corrected chi connectivity index (χ0v) is 9.77. The van der Waals surface area contributed by atoms with E-state index in [4.69, 9.17) is 5.73 Å². The van der Waals surface area contributed by atoms with Gasteiger partial charge in [0.15, 0.2) is 0 Å². The molecule has 6 heteroatoms. The lowest BCUT2D eigenvalue weighted by Crippen LogP contribution is -2.34. The number of nitrogens with two attached hydrogens (primary N) is 1. The monoisotopic (exact) mass is 237 g/mol. The van der Waals surface area contributed by atoms with Gasteiger partial charge in [0.1, 0.15) is 0 Å². The molecule has 6 nitrogen and oxygen atoms in total. The normalized spacial score (nSPS) is 11.9. The third-order valence-corrected chi connectivity index (χ3v) is 2.46. The molecule has 0 aliphatic rings. The average molecular weight is 237 g/mol. The highest BCUT2D eigenvalue weighted by atomic mass is 16.6. The van der Waals surface area contributed by atoms with E-state index >= 15 is 0 Å². The molecule has 0 unspecified atom stereocenters. The Balaban J connectivity index is 2.86. The van der Waals surface area contributed by atoms with Crippen LogP contribution in [-0.2, 0) is 4.79 Å². The summed E-state index contributed by atoms with van der Waals surface area (Å²) in [5.41, 5.74) is 6.75. The van der Waals surface area contributed by atoms with Crippen LogP contribution in [0.1, 0.15) is 18.9 Å². The Morgan fingerprint density at radius 2 is 2.24 bits per heavy atom. The van der Waals surface area contributed by atoms with Crippen LogP contribution in [-0.4, -0.2) is 16.9 Å². The number of nitro groups is 1. The number of benzene rings is 1. The van der Waals surface area contributed by atoms with Crippen LogP contribution in [0.5, 0.6) is 0 Å². The van der Waals surface area contributed by atoms with Gasteiger partial charge in [0.05, 0.1) is 11.0 Å². The molecule has 1 amide bonds. The Hall–Kier alpha value is -1.95. The van der Waals surface area contributed by atoms with E-state index in [0.29, 0.717) is 17.7 Å². The van der Waals surface area contributed by atoms with Crippen molar-refractivity contribution in [2.75, 3.05) is 5.32 Å². The molecule has 0 radical (unpaired) electrons. The second-order valence-electron chi connectivity index (χ2n) is 3.76. The van der Waals surface area contributed by atoms with E-state index in [1.54, 1.807) is 6.92 Å². The molecule has 0 saturated heterocycles. The van der Waals surface area contributed by atoms with Crippen LogP contribution in [0.15, 0.2) is 18.2 Å². The van der Waals surface area contributed by atoms with Gasteiger partial charge in [-0.15, -0.1) is 0 Å². The molecular weight excluding hydrogens is 222 g/mol. The zero-order chi connectivity index (χ0) is 13.0. The molecule has 0 spiro atoms. The maximum absolute atomic E-state index is 11.5. The predicted octanol–water partition coefficient (Wildman–Crippen LogP) is 1.58. The number of nitro benzene ring substituents is 1. The van der Waals surface area contributed by atoms with E-state index in [1.165, 1.54) is 18.2 Å². The number of aryl methyl sites for hydroxylation is 1. The second kappa shape index (κ2) is 5.40. The topological polar surface area (TPSA) is 98.3 Å². The van der Waals surface area contributed by atoms with E-state index in [9.17, 15) is 14.9 Å². The molecule has 17 heavy (non-hydrogen) atoms. The molecule has 0 saturated carbocycles. The van der Waals surface area contributed by atoms with E-state index < -0.39 is 11.0 Å². The lowest BCUT2D eigenvalue weighted by Gasteiger charge is -2.11. The van der Waals surface area contributed by atoms with Gasteiger partial charge in [-0.2, -0.15) is 0 Å². The van der Waals surface area contributed by atoms with Crippen molar-refractivity contribution in [3.63, 3.8) is 0 Å². The van der Waals surface area contributed by atoms with Crippen molar-refractivity contribution in [3.8, 4) is 0 Å². The van der Waals surface area contributed by atoms with Crippen molar-refractivity contribution in [1.29, 1.82) is 0 Å². The smallest absolute Gasteiger partial charge is 0.269 e. The summed E-state index contributed by atoms with van der Waals surface area (Å²) < 4.78 is 0. The third kappa shape index (κ3) is 3.25. The van der Waals surface area contributed by atoms with E-state index in [2.05, 4.69) is 5.32 Å². The number of hydrogen-bond donors (Lipinski definition) is 2. The summed E-state index contributed by atoms with van der Waals surface area (Å²) in [6.07, 6.45) is 0.540. The largest absolute Gasteiger partial charge is 0.324 e. The number of amides is 1. The second-order valence-corrected chi connectivity index (χ2v) is 3.76. The summed E-state index contributed by atoms with van der Waals surface area (Å²) >= 11 is 0. The molecular formula is C11H15N3O3. The van der Waals surface area contributed by atoms with E-state index in [-0.39, 0.29) is 11.6 Å². The van der Waals surface area contributed by atoms with Crippen LogP contribution in [0, 0.1) is 17.0 Å². The molecule has 92 valence electrons. The van der Waals surface area contributed by atoms with Gasteiger partial charge in [-0.05, 0) is 25.0 Å². The van der Waals surface area contributed by atoms with Crippen LogP contribution in [0.2, 0.25) is 0 Å². The van der Waals surface area contributed by atoms with Gasteiger partial charge in [0.2, 0.25) is 5.91 Å². The first-order valence-corrected chi connectivity index (χ1v) is 5.27. The quantitative estimate of drug-likeness (QED) is 0.613. The number of non-ortho nitro benzene ring substituents is 1. The summed E-state index contributed by atoms with van der Waals surface area (Å²) in [7, 11) is 0. The first kappa shape index (κ1) is 13.1. The number of nitrogens with one attached hydrogen (secondary N) is 1. The molecule has 3 N–H and O–H groups in total. The van der Waals surface area contributed by atoms with Crippen LogP contribution >= 0.6 is 0 Å². The number of anilines is 1. The van der Waals surface area contributed by atoms with Crippen molar-refractivity contribution in [1.82, 2.24) is 0 Å². The van der Waals surface area contributed by atoms with Crippen molar-refractivity contribution >= 4 is 17.3 Å². The summed E-state index contributed by atoms with van der Waals surface area (Å²) in [5.74, 6) is -0.288. The van der Waals surface area contributed by atoms with E-state index in [1.807, 2.05) is 6.92 Å². The number of nitrogens with zero attached hydrogens (tertiary/aromatic N) is 1. The molecule has 0 bridgehead atoms. The first-order chi connectivity index (χ1) is 7.95. The standard InChI is InChI=1S/C11H15N3O3/c1-3-9(12)11(15)13-10-5-4-8(14(16)17)6-7(10)2/h4-6,9H,3,12H2,1-2H3,(H,13,15)/t9-/m1/s1. The molecule has 1 aromatic rings. The van der Waals surface area contributed by atoms with Gasteiger partial charge in [-0.3, -0.25) is 14.9 Å². The van der Waals surface area contributed by atoms with Crippen molar-refractivity contribution in [2.24, 2.45) is 5.73 Å². The van der Waals surface area contributed by atoms with Crippen LogP contribution < -0.4 is 11.1 Å². The van der Waals surface area contributed by atoms with Crippen LogP contribution in [0.25, 0.3) is 0 Å². The van der Waals surface area contributed by atoms with Crippen molar-refractivity contribution in [2.45, 2.75) is 26.3 Å². The lowest BCUT2D eigenvalue weighted by molar-refractivity contribution is -0.384. The predicted molar refractivity (Wildman–Crippen MR) is 64.7 cm³/mol. The molecule has 1 atom stereocenters. The number of rotatable bonds is 4. The molecule has 0 aromatic heterocycles. The Morgan fingerprint density at radius 3 is 2.71 bits per heavy atom. The average Bonchev–Trinajstić information content (AvgIpc) is 2.30. The van der Waals surface area contributed by atoms with Gasteiger partial charge < -0.3 is 11.1 Å². The molecule has 0 fully saturated rings. The molecule has 0 aliphatic carbocycles. The number of hydrogen-bond acceptors (Lipinski definition) is 4. The molecule has 0 aliphatic heterocycles. The van der Waals surface area contributed by atoms with Gasteiger partial charge in [0, 0.05) is 17.8 Å². The summed E-state index contributed by atoms with van der Waals surface area (Å²) in [6.45, 7) is 3.51. The Bertz CT molecular complexity index is 446. The van der Waals surface area contributed by atoms with Crippen LogP contribution in [0.4, 0.5) is 11.4 Å². The maximum atomic E-state index is 11.5. The van der Waals surface area contributed by atoms with Gasteiger partial charge >= 0.3 is 0 Å². The first-order valence-electron chi connectivity index (χ1n) is 5.27. The highest BCUT2D eigenvalue weighted by Crippen LogP contribution is 2.21. The van der Waals surface area contributed by atoms with Gasteiger partial charge in [-0.25, -0.2) is 0 Å². The SMILES string of the molecule is CC[C@@H](N)C(=O)Nc1ccc([N+](=O)[O-])cc1C. The van der Waals surface area contributed by atoms with Crippen molar-refractivity contribution in [3.05, 3.63) is 33.9 Å². The fourth-order valence-electron chi connectivity index (χ4n) is 1.31. The minimum absolute atomic E-state index is 0.000268. The molecule has 1 rings (SSSR count). The Morgan fingerprint density at radius 1 is 1.59 bits per heavy atom.